The topological polar surface area (TPSA) is 139 Å². The first kappa shape index (κ1) is 21.6. The minimum absolute atomic E-state index is 0.0801. The van der Waals surface area contributed by atoms with E-state index in [0.29, 0.717) is 5.75 Å². The van der Waals surface area contributed by atoms with E-state index in [2.05, 4.69) is 0 Å². The van der Waals surface area contributed by atoms with Gasteiger partial charge < -0.3 is 9.47 Å². The number of hydrogen-bond acceptors (Lipinski definition) is 10. The summed E-state index contributed by atoms with van der Waals surface area (Å²) in [5, 5.41) is 21.3. The normalized spacial score (nSPS) is 17.9. The summed E-state index contributed by atoms with van der Waals surface area (Å²) in [5.41, 5.74) is -0.270. The van der Waals surface area contributed by atoms with E-state index in [1.54, 1.807) is 0 Å². The molecule has 0 aromatic heterocycles. The lowest BCUT2D eigenvalue weighted by Crippen LogP contribution is -2.16. The Kier molecular flexibility index (Phi) is 6.90. The molecule has 1 saturated heterocycles. The molecule has 10 nitrogen and oxygen atoms in total. The highest BCUT2D eigenvalue weighted by Crippen LogP contribution is 2.39. The van der Waals surface area contributed by atoms with Crippen molar-refractivity contribution in [2.75, 3.05) is 12.4 Å². The maximum atomic E-state index is 12.2. The number of esters is 2. The van der Waals surface area contributed by atoms with Crippen LogP contribution in [0.25, 0.3) is 0 Å². The van der Waals surface area contributed by atoms with Crippen molar-refractivity contribution >= 4 is 46.8 Å². The van der Waals surface area contributed by atoms with E-state index in [4.69, 9.17) is 9.47 Å². The third kappa shape index (κ3) is 5.48. The predicted molar refractivity (Wildman–Crippen MR) is 110 cm³/mol. The molecule has 12 heteroatoms. The molecule has 2 atom stereocenters. The zero-order valence-electron chi connectivity index (χ0n) is 15.2. The van der Waals surface area contributed by atoms with Crippen LogP contribution in [0.15, 0.2) is 48.5 Å². The fraction of sp³-hybridized carbons (Fsp3) is 0.222. The molecular formula is C18H14N2O8S2. The predicted octanol–water partition coefficient (Wildman–Crippen LogP) is 3.65. The van der Waals surface area contributed by atoms with E-state index < -0.39 is 27.2 Å². The van der Waals surface area contributed by atoms with Gasteiger partial charge in [-0.05, 0) is 24.3 Å². The second kappa shape index (κ2) is 9.59. The van der Waals surface area contributed by atoms with Crippen LogP contribution in [0.1, 0.15) is 20.7 Å². The van der Waals surface area contributed by atoms with Crippen LogP contribution in [0, 0.1) is 20.2 Å². The van der Waals surface area contributed by atoms with Crippen LogP contribution in [-0.2, 0) is 9.47 Å². The third-order valence-electron chi connectivity index (χ3n) is 3.94. The van der Waals surface area contributed by atoms with Crippen molar-refractivity contribution < 1.29 is 28.9 Å². The average Bonchev–Trinajstić information content (AvgIpc) is 3.19. The van der Waals surface area contributed by atoms with E-state index in [1.807, 2.05) is 0 Å². The van der Waals surface area contributed by atoms with E-state index in [-0.39, 0.29) is 33.7 Å². The molecule has 0 unspecified atom stereocenters. The molecule has 0 spiro atoms. The molecule has 0 radical (unpaired) electrons. The minimum Gasteiger partial charge on any atom is -0.460 e. The number of carbonyl (C=O) groups is 2. The van der Waals surface area contributed by atoms with Crippen LogP contribution in [0.4, 0.5) is 11.4 Å². The Morgan fingerprint density at radius 3 is 1.90 bits per heavy atom. The lowest BCUT2D eigenvalue weighted by Gasteiger charge is -2.12. The highest BCUT2D eigenvalue weighted by Gasteiger charge is 2.30. The zero-order chi connectivity index (χ0) is 21.7. The lowest BCUT2D eigenvalue weighted by atomic mass is 10.2. The molecule has 0 aliphatic carbocycles. The minimum atomic E-state index is -0.600. The number of hydrogen-bond donors (Lipinski definition) is 0. The summed E-state index contributed by atoms with van der Waals surface area (Å²) in [6.45, 7) is 0.0801. The van der Waals surface area contributed by atoms with Gasteiger partial charge in [-0.1, -0.05) is 11.8 Å². The average molecular weight is 450 g/mol. The smallest absolute Gasteiger partial charge is 0.339 e. The van der Waals surface area contributed by atoms with E-state index >= 15 is 0 Å². The van der Waals surface area contributed by atoms with Gasteiger partial charge in [0.15, 0.2) is 5.44 Å². The Labute approximate surface area is 178 Å². The number of nitro groups is 2. The van der Waals surface area contributed by atoms with Crippen molar-refractivity contribution in [1.82, 2.24) is 0 Å². The summed E-state index contributed by atoms with van der Waals surface area (Å²) >= 11 is 2.80. The summed E-state index contributed by atoms with van der Waals surface area (Å²) < 4.78 is 10.5. The largest absolute Gasteiger partial charge is 0.460 e. The first-order valence-corrected chi connectivity index (χ1v) is 10.5. The number of ether oxygens (including phenoxy) is 2. The van der Waals surface area contributed by atoms with Crippen molar-refractivity contribution in [2.24, 2.45) is 0 Å². The molecule has 0 saturated carbocycles. The SMILES string of the molecule is O=C(OC[C@H]1SC[C@@H](OC(=O)c2ccc([N+](=O)[O-])cc2)S1)c1ccc([N+](=O)[O-])cc1. The number of nitro benzene ring substituents is 2. The fourth-order valence-corrected chi connectivity index (χ4v) is 5.14. The second-order valence-corrected chi connectivity index (χ2v) is 8.84. The van der Waals surface area contributed by atoms with Gasteiger partial charge in [0, 0.05) is 30.0 Å². The number of carbonyl (C=O) groups excluding carboxylic acids is 2. The monoisotopic (exact) mass is 450 g/mol. The summed E-state index contributed by atoms with van der Waals surface area (Å²) in [5.74, 6) is -0.688. The zero-order valence-corrected chi connectivity index (χ0v) is 16.8. The molecule has 2 aromatic rings. The molecule has 1 aliphatic heterocycles. The van der Waals surface area contributed by atoms with Crippen molar-refractivity contribution in [1.29, 1.82) is 0 Å². The van der Waals surface area contributed by atoms with Gasteiger partial charge in [-0.2, -0.15) is 0 Å². The van der Waals surface area contributed by atoms with Crippen LogP contribution in [0.2, 0.25) is 0 Å². The van der Waals surface area contributed by atoms with Gasteiger partial charge in [0.25, 0.3) is 11.4 Å². The van der Waals surface area contributed by atoms with Gasteiger partial charge in [-0.15, -0.1) is 11.8 Å². The Morgan fingerprint density at radius 1 is 0.900 bits per heavy atom. The second-order valence-electron chi connectivity index (χ2n) is 5.94. The van der Waals surface area contributed by atoms with Crippen molar-refractivity contribution in [3.05, 3.63) is 79.9 Å². The van der Waals surface area contributed by atoms with Crippen LogP contribution in [-0.4, -0.2) is 44.2 Å². The van der Waals surface area contributed by atoms with Gasteiger partial charge in [0.05, 0.1) is 25.6 Å². The molecule has 1 fully saturated rings. The third-order valence-corrected chi connectivity index (χ3v) is 6.90. The van der Waals surface area contributed by atoms with E-state index in [1.165, 1.54) is 72.1 Å². The standard InChI is InChI=1S/C18H14N2O8S2/c21-17(11-1-5-13(6-2-11)19(23)24)27-9-16-29-10-15(30-16)28-18(22)12-3-7-14(8-4-12)20(25)26/h1-8,15-16H,9-10H2/t15-,16-/m0/s1. The Bertz CT molecular complexity index is 965. The van der Waals surface area contributed by atoms with Crippen LogP contribution >= 0.6 is 23.5 Å². The number of non-ortho nitro benzene ring substituents is 2. The molecule has 1 heterocycles. The Morgan fingerprint density at radius 2 is 1.40 bits per heavy atom. The summed E-state index contributed by atoms with van der Waals surface area (Å²) in [6.07, 6.45) is 0. The van der Waals surface area contributed by atoms with Crippen molar-refractivity contribution in [3.8, 4) is 0 Å². The van der Waals surface area contributed by atoms with Crippen molar-refractivity contribution in [2.45, 2.75) is 10.0 Å². The quantitative estimate of drug-likeness (QED) is 0.349. The molecular weight excluding hydrogens is 436 g/mol. The van der Waals surface area contributed by atoms with Crippen LogP contribution in [0.3, 0.4) is 0 Å². The van der Waals surface area contributed by atoms with E-state index in [9.17, 15) is 29.8 Å². The summed E-state index contributed by atoms with van der Waals surface area (Å²) in [6, 6.07) is 10.2. The van der Waals surface area contributed by atoms with Crippen LogP contribution in [0.5, 0.6) is 0 Å². The van der Waals surface area contributed by atoms with Crippen LogP contribution < -0.4 is 0 Å². The number of rotatable bonds is 7. The highest BCUT2D eigenvalue weighted by atomic mass is 32.2. The summed E-state index contributed by atoms with van der Waals surface area (Å²) in [4.78, 5) is 44.4. The number of thioether (sulfide) groups is 2. The first-order chi connectivity index (χ1) is 14.3. The van der Waals surface area contributed by atoms with Gasteiger partial charge in [-0.3, -0.25) is 20.2 Å². The maximum Gasteiger partial charge on any atom is 0.339 e. The van der Waals surface area contributed by atoms with Gasteiger partial charge in [0.2, 0.25) is 0 Å². The van der Waals surface area contributed by atoms with Crippen molar-refractivity contribution in [3.63, 3.8) is 0 Å². The maximum absolute atomic E-state index is 12.2. The fourth-order valence-electron chi connectivity index (χ4n) is 2.44. The molecule has 0 N–H and O–H groups in total. The Balaban J connectivity index is 1.45. The van der Waals surface area contributed by atoms with E-state index in [0.717, 1.165) is 0 Å². The lowest BCUT2D eigenvalue weighted by molar-refractivity contribution is -0.385. The van der Waals surface area contributed by atoms with Gasteiger partial charge >= 0.3 is 11.9 Å². The molecule has 3 rings (SSSR count). The molecule has 1 aliphatic rings. The summed E-state index contributed by atoms with van der Waals surface area (Å²) in [7, 11) is 0. The number of benzene rings is 2. The highest BCUT2D eigenvalue weighted by molar-refractivity contribution is 8.20. The molecule has 0 bridgehead atoms. The molecule has 0 amide bonds. The Hall–Kier alpha value is -3.12. The van der Waals surface area contributed by atoms with Gasteiger partial charge in [0.1, 0.15) is 6.61 Å². The molecule has 156 valence electrons. The molecule has 30 heavy (non-hydrogen) atoms. The molecule has 2 aromatic carbocycles. The van der Waals surface area contributed by atoms with Gasteiger partial charge in [-0.25, -0.2) is 9.59 Å². The first-order valence-electron chi connectivity index (χ1n) is 8.47. The number of nitrogens with zero attached hydrogens (tertiary/aromatic N) is 2.